The van der Waals surface area contributed by atoms with Crippen LogP contribution in [0, 0.1) is 0 Å². The van der Waals surface area contributed by atoms with Gasteiger partial charge in [-0.05, 0) is 35.9 Å². The number of nitrogens with zero attached hydrogens (tertiary/aromatic N) is 3. The number of benzene rings is 3. The lowest BCUT2D eigenvalue weighted by molar-refractivity contribution is 0.771. The number of nitrogens with one attached hydrogen (secondary N) is 1. The summed E-state index contributed by atoms with van der Waals surface area (Å²) in [5.74, 6) is 0. The molecule has 7 heteroatoms. The van der Waals surface area contributed by atoms with Crippen molar-refractivity contribution in [3.8, 4) is 0 Å². The Kier molecular flexibility index (Phi) is 4.88. The van der Waals surface area contributed by atoms with Crippen LogP contribution in [0.4, 0.5) is 0 Å². The first kappa shape index (κ1) is 19.3. The van der Waals surface area contributed by atoms with E-state index in [1.165, 1.54) is 0 Å². The van der Waals surface area contributed by atoms with E-state index in [0.29, 0.717) is 17.4 Å². The van der Waals surface area contributed by atoms with Crippen molar-refractivity contribution in [2.45, 2.75) is 6.54 Å². The molecule has 0 saturated heterocycles. The standard InChI is InChI=1S/C24H17BrN4O2/c25-18-11-9-16(10-12-18)14-28-15-17(19-5-2-4-8-22(19)28)13-26-29-23(30)20-6-1-3-7-21(20)27-24(29)31/h1-13,15H,14H2,(H,27,31). The van der Waals surface area contributed by atoms with Gasteiger partial charge in [0, 0.05) is 33.7 Å². The molecule has 0 unspecified atom stereocenters. The van der Waals surface area contributed by atoms with Crippen LogP contribution < -0.4 is 11.2 Å². The predicted molar refractivity (Wildman–Crippen MR) is 127 cm³/mol. The van der Waals surface area contributed by atoms with E-state index in [1.54, 1.807) is 30.5 Å². The first-order chi connectivity index (χ1) is 15.1. The number of hydrogen-bond donors (Lipinski definition) is 1. The van der Waals surface area contributed by atoms with E-state index in [1.807, 2.05) is 42.6 Å². The van der Waals surface area contributed by atoms with Gasteiger partial charge in [-0.15, -0.1) is 4.68 Å². The van der Waals surface area contributed by atoms with E-state index in [4.69, 9.17) is 0 Å². The fourth-order valence-corrected chi connectivity index (χ4v) is 3.94. The molecule has 0 amide bonds. The van der Waals surface area contributed by atoms with Crippen molar-refractivity contribution in [2.75, 3.05) is 0 Å². The van der Waals surface area contributed by atoms with Crippen LogP contribution in [0.3, 0.4) is 0 Å². The molecule has 1 N–H and O–H groups in total. The molecule has 31 heavy (non-hydrogen) atoms. The van der Waals surface area contributed by atoms with E-state index < -0.39 is 11.2 Å². The molecule has 2 heterocycles. The van der Waals surface area contributed by atoms with Gasteiger partial charge in [0.15, 0.2) is 0 Å². The van der Waals surface area contributed by atoms with E-state index >= 15 is 0 Å². The Morgan fingerprint density at radius 1 is 0.903 bits per heavy atom. The highest BCUT2D eigenvalue weighted by atomic mass is 79.9. The Balaban J connectivity index is 1.58. The van der Waals surface area contributed by atoms with Gasteiger partial charge in [-0.3, -0.25) is 4.79 Å². The molecule has 0 fully saturated rings. The summed E-state index contributed by atoms with van der Waals surface area (Å²) in [5, 5.41) is 5.63. The van der Waals surface area contributed by atoms with Gasteiger partial charge in [0.2, 0.25) is 0 Å². The summed E-state index contributed by atoms with van der Waals surface area (Å²) >= 11 is 3.46. The average Bonchev–Trinajstić information content (AvgIpc) is 3.13. The van der Waals surface area contributed by atoms with Crippen molar-refractivity contribution in [3.05, 3.63) is 115 Å². The second kappa shape index (κ2) is 7.85. The zero-order valence-electron chi connectivity index (χ0n) is 16.3. The normalized spacial score (nSPS) is 11.6. The van der Waals surface area contributed by atoms with Gasteiger partial charge < -0.3 is 9.55 Å². The number of rotatable bonds is 4. The quantitative estimate of drug-likeness (QED) is 0.395. The fourth-order valence-electron chi connectivity index (χ4n) is 3.67. The van der Waals surface area contributed by atoms with Crippen molar-refractivity contribution in [3.63, 3.8) is 0 Å². The average molecular weight is 473 g/mol. The molecular weight excluding hydrogens is 456 g/mol. The van der Waals surface area contributed by atoms with Crippen molar-refractivity contribution < 1.29 is 0 Å². The molecule has 0 aliphatic carbocycles. The van der Waals surface area contributed by atoms with Crippen LogP contribution in [0.2, 0.25) is 0 Å². The minimum atomic E-state index is -0.571. The second-order valence-corrected chi connectivity index (χ2v) is 8.11. The maximum absolute atomic E-state index is 12.7. The maximum atomic E-state index is 12.7. The summed E-state index contributed by atoms with van der Waals surface area (Å²) in [6, 6.07) is 23.1. The van der Waals surface area contributed by atoms with Crippen molar-refractivity contribution in [1.29, 1.82) is 0 Å². The van der Waals surface area contributed by atoms with Gasteiger partial charge >= 0.3 is 5.69 Å². The van der Waals surface area contributed by atoms with Gasteiger partial charge in [0.05, 0.1) is 17.1 Å². The highest BCUT2D eigenvalue weighted by molar-refractivity contribution is 9.10. The molecule has 6 nitrogen and oxygen atoms in total. The second-order valence-electron chi connectivity index (χ2n) is 7.19. The van der Waals surface area contributed by atoms with E-state index in [0.717, 1.165) is 31.2 Å². The first-order valence-corrected chi connectivity index (χ1v) is 10.5. The zero-order chi connectivity index (χ0) is 21.4. The van der Waals surface area contributed by atoms with Gasteiger partial charge in [0.25, 0.3) is 5.56 Å². The van der Waals surface area contributed by atoms with Gasteiger partial charge in [-0.2, -0.15) is 5.10 Å². The van der Waals surface area contributed by atoms with Crippen LogP contribution >= 0.6 is 15.9 Å². The SMILES string of the molecule is O=c1[nH]c2ccccc2c(=O)n1N=Cc1cn(Cc2ccc(Br)cc2)c2ccccc12. The van der Waals surface area contributed by atoms with E-state index in [-0.39, 0.29) is 0 Å². The molecule has 5 aromatic rings. The molecule has 0 aliphatic heterocycles. The highest BCUT2D eigenvalue weighted by Crippen LogP contribution is 2.22. The van der Waals surface area contributed by atoms with Crippen LogP contribution in [0.15, 0.2) is 98.2 Å². The number of aromatic amines is 1. The van der Waals surface area contributed by atoms with Crippen LogP contribution in [-0.4, -0.2) is 20.4 Å². The Morgan fingerprint density at radius 3 is 2.42 bits per heavy atom. The zero-order valence-corrected chi connectivity index (χ0v) is 17.9. The summed E-state index contributed by atoms with van der Waals surface area (Å²) in [6.45, 7) is 0.693. The summed E-state index contributed by atoms with van der Waals surface area (Å²) in [7, 11) is 0. The Labute approximate surface area is 185 Å². The first-order valence-electron chi connectivity index (χ1n) is 9.71. The topological polar surface area (TPSA) is 72.2 Å². The van der Waals surface area contributed by atoms with Crippen LogP contribution in [-0.2, 0) is 6.54 Å². The lowest BCUT2D eigenvalue weighted by Crippen LogP contribution is -2.32. The van der Waals surface area contributed by atoms with E-state index in [2.05, 4.69) is 42.7 Å². The largest absolute Gasteiger partial charge is 0.349 e. The lowest BCUT2D eigenvalue weighted by Gasteiger charge is -2.05. The number of halogens is 1. The molecular formula is C24H17BrN4O2. The van der Waals surface area contributed by atoms with Gasteiger partial charge in [-0.1, -0.05) is 58.4 Å². The molecule has 0 saturated carbocycles. The van der Waals surface area contributed by atoms with Crippen LogP contribution in [0.25, 0.3) is 21.8 Å². The highest BCUT2D eigenvalue weighted by Gasteiger charge is 2.09. The Morgan fingerprint density at radius 2 is 1.61 bits per heavy atom. The third kappa shape index (κ3) is 3.64. The molecule has 5 rings (SSSR count). The third-order valence-corrected chi connectivity index (χ3v) is 5.71. The summed E-state index contributed by atoms with van der Waals surface area (Å²) in [4.78, 5) is 27.8. The maximum Gasteiger partial charge on any atom is 0.349 e. The smallest absolute Gasteiger partial charge is 0.342 e. The molecule has 152 valence electrons. The van der Waals surface area contributed by atoms with Gasteiger partial charge in [-0.25, -0.2) is 4.79 Å². The van der Waals surface area contributed by atoms with Crippen LogP contribution in [0.1, 0.15) is 11.1 Å². The lowest BCUT2D eigenvalue weighted by atomic mass is 10.2. The molecule has 2 aromatic heterocycles. The van der Waals surface area contributed by atoms with Crippen molar-refractivity contribution >= 4 is 44.0 Å². The fraction of sp³-hybridized carbons (Fsp3) is 0.0417. The Bertz CT molecular complexity index is 1560. The molecule has 0 spiro atoms. The van der Waals surface area contributed by atoms with E-state index in [9.17, 15) is 9.59 Å². The van der Waals surface area contributed by atoms with Crippen molar-refractivity contribution in [2.24, 2.45) is 5.10 Å². The van der Waals surface area contributed by atoms with Crippen LogP contribution in [0.5, 0.6) is 0 Å². The number of hydrogen-bond acceptors (Lipinski definition) is 3. The minimum Gasteiger partial charge on any atom is -0.342 e. The van der Waals surface area contributed by atoms with Crippen molar-refractivity contribution in [1.82, 2.24) is 14.2 Å². The minimum absolute atomic E-state index is 0.414. The number of fused-ring (bicyclic) bond motifs is 2. The van der Waals surface area contributed by atoms with Gasteiger partial charge in [0.1, 0.15) is 0 Å². The summed E-state index contributed by atoms with van der Waals surface area (Å²) in [5.41, 5.74) is 2.51. The Hall–Kier alpha value is -3.71. The predicted octanol–water partition coefficient (Wildman–Crippen LogP) is 4.34. The molecule has 3 aromatic carbocycles. The monoisotopic (exact) mass is 472 g/mol. The number of aromatic nitrogens is 3. The molecule has 0 aliphatic rings. The third-order valence-electron chi connectivity index (χ3n) is 5.18. The summed E-state index contributed by atoms with van der Waals surface area (Å²) in [6.07, 6.45) is 3.54. The number of H-pyrrole nitrogens is 1. The summed E-state index contributed by atoms with van der Waals surface area (Å²) < 4.78 is 4.03. The number of para-hydroxylation sites is 2. The molecule has 0 bridgehead atoms. The molecule has 0 atom stereocenters. The molecule has 0 radical (unpaired) electrons.